The number of para-hydroxylation sites is 1. The van der Waals surface area contributed by atoms with Crippen LogP contribution in [0.1, 0.15) is 43.1 Å². The van der Waals surface area contributed by atoms with E-state index in [2.05, 4.69) is 10.1 Å². The molecular weight excluding hydrogens is 370 g/mol. The largest absolute Gasteiger partial charge is 0.507 e. The molecule has 2 aromatic heterocycles. The molecule has 0 saturated heterocycles. The van der Waals surface area contributed by atoms with Crippen molar-refractivity contribution in [2.75, 3.05) is 6.61 Å². The molecule has 0 radical (unpaired) electrons. The van der Waals surface area contributed by atoms with Crippen molar-refractivity contribution in [3.05, 3.63) is 53.7 Å². The Kier molecular flexibility index (Phi) is 6.16. The number of ether oxygens (including phenoxy) is 2. The number of pyridine rings is 1. The van der Waals surface area contributed by atoms with Gasteiger partial charge in [0.1, 0.15) is 11.3 Å². The minimum atomic E-state index is -0.496. The highest BCUT2D eigenvalue weighted by Crippen LogP contribution is 2.32. The number of esters is 1. The second kappa shape index (κ2) is 8.77. The smallest absolute Gasteiger partial charge is 0.345 e. The van der Waals surface area contributed by atoms with Gasteiger partial charge in [-0.05, 0) is 51.0 Å². The molecule has 1 N–H and O–H groups in total. The van der Waals surface area contributed by atoms with Gasteiger partial charge >= 0.3 is 5.97 Å². The highest BCUT2D eigenvalue weighted by molar-refractivity contribution is 5.92. The molecular formula is C22H25N3O4. The summed E-state index contributed by atoms with van der Waals surface area (Å²) < 4.78 is 12.6. The summed E-state index contributed by atoms with van der Waals surface area (Å²) in [5, 5.41) is 14.7. The predicted octanol–water partition coefficient (Wildman–Crippen LogP) is 4.30. The van der Waals surface area contributed by atoms with Crippen molar-refractivity contribution in [3.63, 3.8) is 0 Å². The Bertz CT molecular complexity index is 1010. The van der Waals surface area contributed by atoms with E-state index >= 15 is 0 Å². The number of aromatic nitrogens is 3. The molecule has 0 fully saturated rings. The summed E-state index contributed by atoms with van der Waals surface area (Å²) in [5.74, 6) is 0.443. The number of nitrogens with zero attached hydrogens (tertiary/aromatic N) is 3. The van der Waals surface area contributed by atoms with Crippen LogP contribution in [0.2, 0.25) is 0 Å². The molecule has 0 unspecified atom stereocenters. The zero-order chi connectivity index (χ0) is 21.0. The quantitative estimate of drug-likeness (QED) is 0.600. The SMILES string of the molecule is CCOC(=O)c1cnn(-c2cccc(-c3cccc(C)c3O)n2)c1O[C@@H](C)CC. The second-order valence-electron chi connectivity index (χ2n) is 6.68. The fourth-order valence-corrected chi connectivity index (χ4v) is 2.79. The first-order valence-electron chi connectivity index (χ1n) is 9.64. The fourth-order valence-electron chi connectivity index (χ4n) is 2.79. The third-order valence-corrected chi connectivity index (χ3v) is 4.57. The van der Waals surface area contributed by atoms with Crippen molar-refractivity contribution >= 4 is 5.97 Å². The number of aromatic hydroxyl groups is 1. The first-order valence-corrected chi connectivity index (χ1v) is 9.64. The average Bonchev–Trinajstić information content (AvgIpc) is 3.13. The van der Waals surface area contributed by atoms with Gasteiger partial charge in [0.2, 0.25) is 5.88 Å². The fraction of sp³-hybridized carbons (Fsp3) is 0.318. The monoisotopic (exact) mass is 395 g/mol. The number of carbonyl (C=O) groups is 1. The van der Waals surface area contributed by atoms with E-state index in [1.54, 1.807) is 19.1 Å². The standard InChI is InChI=1S/C22H25N3O4/c1-5-15(4)29-21-17(22(27)28-6-2)13-23-25(21)19-12-8-11-18(24-19)16-10-7-9-14(3)20(16)26/h7-13,15,26H,5-6H2,1-4H3/t15-/m0/s1. The number of aryl methyl sites for hydroxylation is 1. The number of hydrogen-bond acceptors (Lipinski definition) is 6. The Balaban J connectivity index is 2.08. The van der Waals surface area contributed by atoms with Gasteiger partial charge in [0.05, 0.1) is 24.6 Å². The van der Waals surface area contributed by atoms with Gasteiger partial charge in [-0.15, -0.1) is 0 Å². The molecule has 7 heteroatoms. The number of rotatable bonds is 7. The summed E-state index contributed by atoms with van der Waals surface area (Å²) in [4.78, 5) is 17.0. The van der Waals surface area contributed by atoms with Crippen LogP contribution < -0.4 is 4.74 Å². The van der Waals surface area contributed by atoms with E-state index in [-0.39, 0.29) is 29.9 Å². The summed E-state index contributed by atoms with van der Waals surface area (Å²) in [7, 11) is 0. The van der Waals surface area contributed by atoms with Crippen molar-refractivity contribution in [3.8, 4) is 28.7 Å². The van der Waals surface area contributed by atoms with Gasteiger partial charge in [-0.2, -0.15) is 9.78 Å². The molecule has 1 atom stereocenters. The Hall–Kier alpha value is -3.35. The van der Waals surface area contributed by atoms with Crippen molar-refractivity contribution in [1.82, 2.24) is 14.8 Å². The van der Waals surface area contributed by atoms with Gasteiger partial charge in [-0.3, -0.25) is 0 Å². The normalized spacial score (nSPS) is 11.9. The predicted molar refractivity (Wildman–Crippen MR) is 110 cm³/mol. The topological polar surface area (TPSA) is 86.5 Å². The molecule has 1 aromatic carbocycles. The van der Waals surface area contributed by atoms with Gasteiger partial charge in [-0.25, -0.2) is 9.78 Å². The maximum Gasteiger partial charge on any atom is 0.345 e. The van der Waals surface area contributed by atoms with Gasteiger partial charge in [0, 0.05) is 5.56 Å². The van der Waals surface area contributed by atoms with Crippen LogP contribution >= 0.6 is 0 Å². The van der Waals surface area contributed by atoms with Gasteiger partial charge in [-0.1, -0.05) is 25.1 Å². The van der Waals surface area contributed by atoms with Crippen LogP contribution in [0.4, 0.5) is 0 Å². The summed E-state index contributed by atoms with van der Waals surface area (Å²) in [5.41, 5.74) is 2.22. The molecule has 0 aliphatic rings. The lowest BCUT2D eigenvalue weighted by Gasteiger charge is -2.15. The third kappa shape index (κ3) is 4.23. The number of hydrogen-bond donors (Lipinski definition) is 1. The second-order valence-corrected chi connectivity index (χ2v) is 6.68. The molecule has 0 bridgehead atoms. The number of phenols is 1. The summed E-state index contributed by atoms with van der Waals surface area (Å²) >= 11 is 0. The summed E-state index contributed by atoms with van der Waals surface area (Å²) in [6, 6.07) is 10.9. The minimum absolute atomic E-state index is 0.123. The Morgan fingerprint density at radius 1 is 1.21 bits per heavy atom. The Morgan fingerprint density at radius 3 is 2.69 bits per heavy atom. The number of phenolic OH excluding ortho intramolecular Hbond substituents is 1. The van der Waals surface area contributed by atoms with Gasteiger partial charge in [0.15, 0.2) is 5.82 Å². The maximum absolute atomic E-state index is 12.3. The average molecular weight is 395 g/mol. The molecule has 29 heavy (non-hydrogen) atoms. The van der Waals surface area contributed by atoms with Crippen LogP contribution in [-0.2, 0) is 4.74 Å². The van der Waals surface area contributed by atoms with Crippen molar-refractivity contribution in [2.24, 2.45) is 0 Å². The first kappa shape index (κ1) is 20.4. The van der Waals surface area contributed by atoms with E-state index in [1.165, 1.54) is 10.9 Å². The molecule has 0 aliphatic heterocycles. The van der Waals surface area contributed by atoms with Crippen molar-refractivity contribution < 1.29 is 19.4 Å². The zero-order valence-electron chi connectivity index (χ0n) is 17.0. The highest BCUT2D eigenvalue weighted by atomic mass is 16.5. The van der Waals surface area contributed by atoms with Crippen molar-refractivity contribution in [1.29, 1.82) is 0 Å². The van der Waals surface area contributed by atoms with Gasteiger partial charge < -0.3 is 14.6 Å². The lowest BCUT2D eigenvalue weighted by atomic mass is 10.1. The van der Waals surface area contributed by atoms with Crippen LogP contribution in [-0.4, -0.2) is 38.6 Å². The summed E-state index contributed by atoms with van der Waals surface area (Å²) in [6.07, 6.45) is 2.06. The highest BCUT2D eigenvalue weighted by Gasteiger charge is 2.23. The van der Waals surface area contributed by atoms with Crippen LogP contribution in [0.5, 0.6) is 11.6 Å². The molecule has 0 spiro atoms. The third-order valence-electron chi connectivity index (χ3n) is 4.57. The van der Waals surface area contributed by atoms with E-state index in [0.29, 0.717) is 17.1 Å². The molecule has 2 heterocycles. The Morgan fingerprint density at radius 2 is 1.97 bits per heavy atom. The first-order chi connectivity index (χ1) is 14.0. The Labute approximate surface area is 169 Å². The molecule has 7 nitrogen and oxygen atoms in total. The minimum Gasteiger partial charge on any atom is -0.507 e. The summed E-state index contributed by atoms with van der Waals surface area (Å²) in [6.45, 7) is 7.75. The van der Waals surface area contributed by atoms with E-state index < -0.39 is 5.97 Å². The lowest BCUT2D eigenvalue weighted by molar-refractivity contribution is 0.0518. The van der Waals surface area contributed by atoms with E-state index in [1.807, 2.05) is 45.0 Å². The van der Waals surface area contributed by atoms with E-state index in [0.717, 1.165) is 12.0 Å². The van der Waals surface area contributed by atoms with E-state index in [9.17, 15) is 9.90 Å². The molecule has 3 aromatic rings. The molecule has 3 rings (SSSR count). The van der Waals surface area contributed by atoms with Crippen LogP contribution in [0.25, 0.3) is 17.1 Å². The maximum atomic E-state index is 12.3. The van der Waals surface area contributed by atoms with Crippen LogP contribution in [0.3, 0.4) is 0 Å². The van der Waals surface area contributed by atoms with Crippen molar-refractivity contribution in [2.45, 2.75) is 40.2 Å². The molecule has 152 valence electrons. The van der Waals surface area contributed by atoms with E-state index in [4.69, 9.17) is 9.47 Å². The molecule has 0 aliphatic carbocycles. The lowest BCUT2D eigenvalue weighted by Crippen LogP contribution is -2.16. The molecule has 0 saturated carbocycles. The number of benzene rings is 1. The van der Waals surface area contributed by atoms with Gasteiger partial charge in [0.25, 0.3) is 0 Å². The number of carbonyl (C=O) groups excluding carboxylic acids is 1. The zero-order valence-corrected chi connectivity index (χ0v) is 17.0. The van der Waals surface area contributed by atoms with Crippen LogP contribution in [0, 0.1) is 6.92 Å². The van der Waals surface area contributed by atoms with Crippen LogP contribution in [0.15, 0.2) is 42.6 Å². The molecule has 0 amide bonds.